The summed E-state index contributed by atoms with van der Waals surface area (Å²) < 4.78 is 0. The van der Waals surface area contributed by atoms with E-state index in [1.807, 2.05) is 18.2 Å². The zero-order chi connectivity index (χ0) is 8.93. The summed E-state index contributed by atoms with van der Waals surface area (Å²) >= 11 is 0. The first-order valence-corrected chi connectivity index (χ1v) is 4.99. The van der Waals surface area contributed by atoms with Crippen LogP contribution in [0.15, 0.2) is 30.3 Å². The molecule has 0 saturated heterocycles. The van der Waals surface area contributed by atoms with Crippen molar-refractivity contribution in [3.63, 3.8) is 0 Å². The molecule has 1 saturated carbocycles. The minimum atomic E-state index is 0.899. The Morgan fingerprint density at radius 1 is 1.15 bits per heavy atom. The third-order valence-electron chi connectivity index (χ3n) is 2.62. The van der Waals surface area contributed by atoms with Gasteiger partial charge >= 0.3 is 0 Å². The molecule has 0 radical (unpaired) electrons. The number of hydrogen-bond donors (Lipinski definition) is 0. The molecule has 1 aliphatic rings. The molecule has 0 spiro atoms. The molecule has 0 nitrogen and oxygen atoms in total. The van der Waals surface area contributed by atoms with Gasteiger partial charge in [-0.05, 0) is 30.9 Å². The second-order valence-electron chi connectivity index (χ2n) is 3.67. The Hall–Kier alpha value is -1.22. The van der Waals surface area contributed by atoms with E-state index in [0.717, 1.165) is 17.9 Å². The second-order valence-corrected chi connectivity index (χ2v) is 3.67. The maximum Gasteiger partial charge on any atom is 0.0245 e. The quantitative estimate of drug-likeness (QED) is 0.568. The molecular formula is C13H14. The van der Waals surface area contributed by atoms with E-state index in [1.54, 1.807) is 0 Å². The molecule has 1 aliphatic carbocycles. The van der Waals surface area contributed by atoms with Crippen molar-refractivity contribution in [2.24, 2.45) is 5.92 Å². The zero-order valence-electron chi connectivity index (χ0n) is 7.79. The fourth-order valence-electron chi connectivity index (χ4n) is 1.52. The van der Waals surface area contributed by atoms with Gasteiger partial charge in [-0.15, -0.1) is 0 Å². The molecule has 66 valence electrons. The Labute approximate surface area is 80.0 Å². The standard InChI is InChI=1S/C13H14/c1-2-6-12(7-3-1)8-4-9-13-10-5-11-13/h1-3,6-7,13H,5,9-11H2. The lowest BCUT2D eigenvalue weighted by atomic mass is 9.83. The van der Waals surface area contributed by atoms with Crippen molar-refractivity contribution in [2.45, 2.75) is 25.7 Å². The second kappa shape index (κ2) is 4.14. The zero-order valence-corrected chi connectivity index (χ0v) is 7.79. The molecule has 0 N–H and O–H groups in total. The van der Waals surface area contributed by atoms with Crippen LogP contribution in [0.1, 0.15) is 31.2 Å². The molecule has 0 amide bonds. The number of rotatable bonds is 1. The van der Waals surface area contributed by atoms with E-state index in [1.165, 1.54) is 19.3 Å². The first kappa shape index (κ1) is 8.38. The van der Waals surface area contributed by atoms with Gasteiger partial charge in [0.25, 0.3) is 0 Å². The number of hydrogen-bond acceptors (Lipinski definition) is 0. The monoisotopic (exact) mass is 170 g/mol. The van der Waals surface area contributed by atoms with E-state index in [9.17, 15) is 0 Å². The van der Waals surface area contributed by atoms with Crippen LogP contribution in [0.5, 0.6) is 0 Å². The van der Waals surface area contributed by atoms with E-state index >= 15 is 0 Å². The van der Waals surface area contributed by atoms with E-state index in [0.29, 0.717) is 0 Å². The van der Waals surface area contributed by atoms with Gasteiger partial charge in [0.15, 0.2) is 0 Å². The third kappa shape index (κ3) is 2.36. The molecule has 0 unspecified atom stereocenters. The Morgan fingerprint density at radius 2 is 1.92 bits per heavy atom. The normalized spacial score (nSPS) is 15.7. The van der Waals surface area contributed by atoms with Crippen LogP contribution in [0.25, 0.3) is 0 Å². The fraction of sp³-hybridized carbons (Fsp3) is 0.385. The average Bonchev–Trinajstić information content (AvgIpc) is 2.11. The molecule has 0 aromatic heterocycles. The van der Waals surface area contributed by atoms with Crippen molar-refractivity contribution in [3.05, 3.63) is 35.9 Å². The van der Waals surface area contributed by atoms with Crippen molar-refractivity contribution >= 4 is 0 Å². The smallest absolute Gasteiger partial charge is 0.0245 e. The summed E-state index contributed by atoms with van der Waals surface area (Å²) in [4.78, 5) is 0. The van der Waals surface area contributed by atoms with Crippen LogP contribution in [0, 0.1) is 17.8 Å². The molecule has 1 aromatic rings. The summed E-state index contributed by atoms with van der Waals surface area (Å²) in [5.74, 6) is 7.35. The fourth-order valence-corrected chi connectivity index (χ4v) is 1.52. The van der Waals surface area contributed by atoms with Crippen LogP contribution < -0.4 is 0 Å². The van der Waals surface area contributed by atoms with Crippen LogP contribution in [-0.2, 0) is 0 Å². The van der Waals surface area contributed by atoms with Gasteiger partial charge < -0.3 is 0 Å². The Bertz CT molecular complexity index is 309. The van der Waals surface area contributed by atoms with E-state index in [4.69, 9.17) is 0 Å². The van der Waals surface area contributed by atoms with E-state index < -0.39 is 0 Å². The van der Waals surface area contributed by atoms with Crippen molar-refractivity contribution < 1.29 is 0 Å². The summed E-state index contributed by atoms with van der Waals surface area (Å²) in [5, 5.41) is 0. The van der Waals surface area contributed by atoms with Crippen molar-refractivity contribution in [2.75, 3.05) is 0 Å². The van der Waals surface area contributed by atoms with Gasteiger partial charge in [-0.3, -0.25) is 0 Å². The molecule has 0 aliphatic heterocycles. The van der Waals surface area contributed by atoms with Crippen LogP contribution in [0.3, 0.4) is 0 Å². The van der Waals surface area contributed by atoms with Crippen LogP contribution in [0.2, 0.25) is 0 Å². The van der Waals surface area contributed by atoms with Gasteiger partial charge in [0.05, 0.1) is 0 Å². The lowest BCUT2D eigenvalue weighted by molar-refractivity contribution is 0.323. The SMILES string of the molecule is C(#Cc1ccccc1)CC1CCC1. The highest BCUT2D eigenvalue weighted by Crippen LogP contribution is 2.28. The first-order valence-electron chi connectivity index (χ1n) is 4.99. The Morgan fingerprint density at radius 3 is 2.54 bits per heavy atom. The molecule has 2 rings (SSSR count). The molecule has 0 heterocycles. The van der Waals surface area contributed by atoms with Crippen LogP contribution in [0.4, 0.5) is 0 Å². The van der Waals surface area contributed by atoms with E-state index in [2.05, 4.69) is 24.0 Å². The molecule has 13 heavy (non-hydrogen) atoms. The Balaban J connectivity index is 1.89. The average molecular weight is 170 g/mol. The highest BCUT2D eigenvalue weighted by Gasteiger charge is 2.15. The molecule has 1 fully saturated rings. The van der Waals surface area contributed by atoms with Gasteiger partial charge in [0.2, 0.25) is 0 Å². The van der Waals surface area contributed by atoms with Gasteiger partial charge in [0, 0.05) is 12.0 Å². The maximum atomic E-state index is 3.25. The molecule has 0 atom stereocenters. The lowest BCUT2D eigenvalue weighted by Crippen LogP contribution is -2.09. The molecular weight excluding hydrogens is 156 g/mol. The minimum absolute atomic E-state index is 0.899. The topological polar surface area (TPSA) is 0 Å². The summed E-state index contributed by atoms with van der Waals surface area (Å²) in [6.07, 6.45) is 5.29. The maximum absolute atomic E-state index is 3.25. The van der Waals surface area contributed by atoms with Gasteiger partial charge in [0.1, 0.15) is 0 Å². The largest absolute Gasteiger partial charge is 0.0976 e. The van der Waals surface area contributed by atoms with Gasteiger partial charge in [-0.1, -0.05) is 36.5 Å². The molecule has 0 bridgehead atoms. The summed E-state index contributed by atoms with van der Waals surface area (Å²) in [6, 6.07) is 10.2. The van der Waals surface area contributed by atoms with Crippen molar-refractivity contribution in [1.82, 2.24) is 0 Å². The van der Waals surface area contributed by atoms with Crippen molar-refractivity contribution in [1.29, 1.82) is 0 Å². The highest BCUT2D eigenvalue weighted by molar-refractivity contribution is 5.33. The predicted octanol–water partition coefficient (Wildman–Crippen LogP) is 3.23. The molecule has 0 heteroatoms. The summed E-state index contributed by atoms with van der Waals surface area (Å²) in [6.45, 7) is 0. The number of benzene rings is 1. The van der Waals surface area contributed by atoms with Gasteiger partial charge in [-0.25, -0.2) is 0 Å². The van der Waals surface area contributed by atoms with E-state index in [-0.39, 0.29) is 0 Å². The first-order chi connectivity index (χ1) is 6.45. The van der Waals surface area contributed by atoms with Crippen molar-refractivity contribution in [3.8, 4) is 11.8 Å². The minimum Gasteiger partial charge on any atom is -0.0976 e. The highest BCUT2D eigenvalue weighted by atomic mass is 14.2. The third-order valence-corrected chi connectivity index (χ3v) is 2.62. The summed E-state index contributed by atoms with van der Waals surface area (Å²) in [5.41, 5.74) is 1.14. The predicted molar refractivity (Wildman–Crippen MR) is 55.3 cm³/mol. The van der Waals surface area contributed by atoms with Gasteiger partial charge in [-0.2, -0.15) is 0 Å². The van der Waals surface area contributed by atoms with Crippen LogP contribution in [-0.4, -0.2) is 0 Å². The molecule has 1 aromatic carbocycles. The summed E-state index contributed by atoms with van der Waals surface area (Å²) in [7, 11) is 0. The van der Waals surface area contributed by atoms with Crippen LogP contribution >= 0.6 is 0 Å². The Kier molecular flexibility index (Phi) is 2.67. The lowest BCUT2D eigenvalue weighted by Gasteiger charge is -2.22.